The second-order valence-corrected chi connectivity index (χ2v) is 5.78. The van der Waals surface area contributed by atoms with Crippen molar-refractivity contribution in [2.75, 3.05) is 6.54 Å². The summed E-state index contributed by atoms with van der Waals surface area (Å²) in [6, 6.07) is 2.05. The van der Waals surface area contributed by atoms with Gasteiger partial charge < -0.3 is 14.3 Å². The molecule has 0 radical (unpaired) electrons. The molecule has 0 saturated carbocycles. The molecular weight excluding hydrogens is 341 g/mol. The van der Waals surface area contributed by atoms with Crippen LogP contribution >= 0.6 is 0 Å². The minimum absolute atomic E-state index is 0.0165. The summed E-state index contributed by atoms with van der Waals surface area (Å²) in [5.41, 5.74) is -0.213. The molecule has 134 valence electrons. The highest BCUT2D eigenvalue weighted by atomic mass is 19.4. The molecule has 0 unspecified atom stereocenters. The first-order chi connectivity index (χ1) is 11.8. The number of aromatic nitrogens is 3. The van der Waals surface area contributed by atoms with Gasteiger partial charge >= 0.3 is 6.18 Å². The monoisotopic (exact) mass is 356 g/mol. The lowest BCUT2D eigenvalue weighted by atomic mass is 10.0. The smallest absolute Gasteiger partial charge is 0.397 e. The second-order valence-electron chi connectivity index (χ2n) is 5.78. The SMILES string of the molecule is O=C(c1cc[nH]c(=O)c1)N1CCCC[C@H]1c1nnc(CC(F)(F)F)o1. The zero-order valence-electron chi connectivity index (χ0n) is 13.0. The van der Waals surface area contributed by atoms with Gasteiger partial charge in [-0.2, -0.15) is 13.2 Å². The number of carbonyl (C=O) groups is 1. The maximum absolute atomic E-state index is 12.7. The van der Waals surface area contributed by atoms with Gasteiger partial charge in [0, 0.05) is 24.4 Å². The van der Waals surface area contributed by atoms with Crippen LogP contribution in [0, 0.1) is 0 Å². The first-order valence-electron chi connectivity index (χ1n) is 7.72. The van der Waals surface area contributed by atoms with Crippen LogP contribution in [0.5, 0.6) is 0 Å². The molecule has 0 aliphatic carbocycles. The second kappa shape index (κ2) is 6.69. The summed E-state index contributed by atoms with van der Waals surface area (Å²) in [7, 11) is 0. The molecule has 2 aromatic rings. The van der Waals surface area contributed by atoms with Gasteiger partial charge in [-0.1, -0.05) is 0 Å². The Balaban J connectivity index is 1.84. The lowest BCUT2D eigenvalue weighted by Crippen LogP contribution is -2.39. The van der Waals surface area contributed by atoms with Gasteiger partial charge in [-0.05, 0) is 25.3 Å². The number of amides is 1. The maximum atomic E-state index is 12.7. The third kappa shape index (κ3) is 4.06. The zero-order chi connectivity index (χ0) is 18.0. The Morgan fingerprint density at radius 1 is 1.36 bits per heavy atom. The standard InChI is InChI=1S/C15H15F3N4O3/c16-15(17,18)8-12-20-21-13(25-12)10-3-1-2-6-22(10)14(24)9-4-5-19-11(23)7-9/h4-5,7,10H,1-3,6,8H2,(H,19,23)/t10-/m0/s1. The Bertz CT molecular complexity index is 815. The van der Waals surface area contributed by atoms with E-state index in [-0.39, 0.29) is 11.5 Å². The number of alkyl halides is 3. The molecule has 0 spiro atoms. The molecule has 1 fully saturated rings. The number of nitrogens with zero attached hydrogens (tertiary/aromatic N) is 3. The van der Waals surface area contributed by atoms with Crippen molar-refractivity contribution in [3.05, 3.63) is 46.0 Å². The van der Waals surface area contributed by atoms with Crippen LogP contribution < -0.4 is 5.56 Å². The third-order valence-electron chi connectivity index (χ3n) is 3.90. The van der Waals surface area contributed by atoms with Crippen LogP contribution in [0.2, 0.25) is 0 Å². The average Bonchev–Trinajstić information content (AvgIpc) is 3.00. The Labute approximate surface area is 139 Å². The molecule has 1 aliphatic heterocycles. The van der Waals surface area contributed by atoms with E-state index >= 15 is 0 Å². The van der Waals surface area contributed by atoms with Crippen LogP contribution in [0.15, 0.2) is 27.5 Å². The zero-order valence-corrected chi connectivity index (χ0v) is 13.0. The predicted molar refractivity (Wildman–Crippen MR) is 78.7 cm³/mol. The highest BCUT2D eigenvalue weighted by molar-refractivity contribution is 5.94. The number of aromatic amines is 1. The van der Waals surface area contributed by atoms with Crippen molar-refractivity contribution in [2.24, 2.45) is 0 Å². The molecule has 1 atom stereocenters. The maximum Gasteiger partial charge on any atom is 0.397 e. The van der Waals surface area contributed by atoms with Gasteiger partial charge in [-0.15, -0.1) is 10.2 Å². The van der Waals surface area contributed by atoms with E-state index in [4.69, 9.17) is 4.42 Å². The van der Waals surface area contributed by atoms with Gasteiger partial charge in [0.15, 0.2) is 0 Å². The Hall–Kier alpha value is -2.65. The first-order valence-corrected chi connectivity index (χ1v) is 7.72. The largest absolute Gasteiger partial charge is 0.423 e. The third-order valence-corrected chi connectivity index (χ3v) is 3.90. The number of piperidine rings is 1. The Kier molecular flexibility index (Phi) is 4.60. The lowest BCUT2D eigenvalue weighted by Gasteiger charge is -2.33. The van der Waals surface area contributed by atoms with Gasteiger partial charge in [-0.25, -0.2) is 0 Å². The molecule has 0 aromatic carbocycles. The van der Waals surface area contributed by atoms with Gasteiger partial charge in [0.1, 0.15) is 12.5 Å². The van der Waals surface area contributed by atoms with Crippen molar-refractivity contribution in [2.45, 2.75) is 37.9 Å². The quantitative estimate of drug-likeness (QED) is 0.910. The minimum Gasteiger partial charge on any atom is -0.423 e. The number of hydrogen-bond acceptors (Lipinski definition) is 5. The summed E-state index contributed by atoms with van der Waals surface area (Å²) in [6.07, 6.45) is -2.37. The van der Waals surface area contributed by atoms with Crippen LogP contribution in [0.1, 0.15) is 47.4 Å². The van der Waals surface area contributed by atoms with Gasteiger partial charge in [0.2, 0.25) is 17.3 Å². The van der Waals surface area contributed by atoms with Crippen LogP contribution in [0.25, 0.3) is 0 Å². The first kappa shape index (κ1) is 17.2. The van der Waals surface area contributed by atoms with E-state index in [2.05, 4.69) is 15.2 Å². The van der Waals surface area contributed by atoms with Crippen molar-refractivity contribution in [1.29, 1.82) is 0 Å². The molecule has 25 heavy (non-hydrogen) atoms. The predicted octanol–water partition coefficient (Wildman–Crippen LogP) is 2.23. The summed E-state index contributed by atoms with van der Waals surface area (Å²) < 4.78 is 42.4. The topological polar surface area (TPSA) is 92.1 Å². The number of hydrogen-bond donors (Lipinski definition) is 1. The molecular formula is C15H15F3N4O3. The summed E-state index contributed by atoms with van der Waals surface area (Å²) in [4.78, 5) is 28.0. The summed E-state index contributed by atoms with van der Waals surface area (Å²) in [5.74, 6) is -0.944. The molecule has 1 aliphatic rings. The van der Waals surface area contributed by atoms with Gasteiger partial charge in [0.25, 0.3) is 5.91 Å². The molecule has 3 heterocycles. The van der Waals surface area contributed by atoms with E-state index in [0.29, 0.717) is 13.0 Å². The number of likely N-dealkylation sites (tertiary alicyclic amines) is 1. The molecule has 7 nitrogen and oxygen atoms in total. The van der Waals surface area contributed by atoms with Crippen molar-refractivity contribution in [3.63, 3.8) is 0 Å². The molecule has 1 saturated heterocycles. The van der Waals surface area contributed by atoms with E-state index < -0.39 is 36.0 Å². The Morgan fingerprint density at radius 3 is 2.88 bits per heavy atom. The van der Waals surface area contributed by atoms with E-state index in [1.807, 2.05) is 0 Å². The minimum atomic E-state index is -4.45. The van der Waals surface area contributed by atoms with Gasteiger partial charge in [-0.3, -0.25) is 9.59 Å². The molecule has 1 amide bonds. The fraction of sp³-hybridized carbons (Fsp3) is 0.467. The number of pyridine rings is 1. The van der Waals surface area contributed by atoms with Crippen LogP contribution in [-0.2, 0) is 6.42 Å². The number of halogens is 3. The van der Waals surface area contributed by atoms with Crippen LogP contribution in [0.4, 0.5) is 13.2 Å². The Morgan fingerprint density at radius 2 is 2.16 bits per heavy atom. The normalized spacial score (nSPS) is 18.4. The summed E-state index contributed by atoms with van der Waals surface area (Å²) >= 11 is 0. The van der Waals surface area contributed by atoms with E-state index in [1.54, 1.807) is 0 Å². The fourth-order valence-corrected chi connectivity index (χ4v) is 2.82. The highest BCUT2D eigenvalue weighted by Crippen LogP contribution is 2.32. The lowest BCUT2D eigenvalue weighted by molar-refractivity contribution is -0.131. The average molecular weight is 356 g/mol. The van der Waals surface area contributed by atoms with Crippen molar-refractivity contribution < 1.29 is 22.4 Å². The number of H-pyrrole nitrogens is 1. The molecule has 3 rings (SSSR count). The van der Waals surface area contributed by atoms with Crippen LogP contribution in [-0.4, -0.2) is 38.7 Å². The number of carbonyl (C=O) groups excluding carboxylic acids is 1. The molecule has 10 heteroatoms. The number of rotatable bonds is 3. The number of nitrogens with one attached hydrogen (secondary N) is 1. The van der Waals surface area contributed by atoms with E-state index in [0.717, 1.165) is 12.8 Å². The van der Waals surface area contributed by atoms with Crippen molar-refractivity contribution >= 4 is 5.91 Å². The molecule has 2 aromatic heterocycles. The molecule has 0 bridgehead atoms. The van der Waals surface area contributed by atoms with Crippen molar-refractivity contribution in [1.82, 2.24) is 20.1 Å². The van der Waals surface area contributed by atoms with E-state index in [1.165, 1.54) is 23.2 Å². The fourth-order valence-electron chi connectivity index (χ4n) is 2.82. The summed E-state index contributed by atoms with van der Waals surface area (Å²) in [5, 5.41) is 7.12. The van der Waals surface area contributed by atoms with Crippen molar-refractivity contribution in [3.8, 4) is 0 Å². The van der Waals surface area contributed by atoms with E-state index in [9.17, 15) is 22.8 Å². The van der Waals surface area contributed by atoms with Gasteiger partial charge in [0.05, 0.1) is 0 Å². The molecule has 1 N–H and O–H groups in total. The summed E-state index contributed by atoms with van der Waals surface area (Å²) in [6.45, 7) is 0.396. The van der Waals surface area contributed by atoms with Crippen LogP contribution in [0.3, 0.4) is 0 Å². The highest BCUT2D eigenvalue weighted by Gasteiger charge is 2.35.